The van der Waals surface area contributed by atoms with Crippen LogP contribution in [0.1, 0.15) is 5.82 Å². The van der Waals surface area contributed by atoms with E-state index in [1.807, 2.05) is 4.72 Å². The molecule has 0 atom stereocenters. The Morgan fingerprint density at radius 3 is 2.49 bits per heavy atom. The van der Waals surface area contributed by atoms with Crippen LogP contribution in [0.4, 0.5) is 24.0 Å². The molecule has 1 saturated heterocycles. The van der Waals surface area contributed by atoms with Gasteiger partial charge >= 0.3 is 0 Å². The number of hydrogen-bond acceptors (Lipinski definition) is 9. The van der Waals surface area contributed by atoms with Crippen LogP contribution in [0.25, 0.3) is 21.8 Å². The van der Waals surface area contributed by atoms with Crippen LogP contribution in [0.15, 0.2) is 53.6 Å². The van der Waals surface area contributed by atoms with Gasteiger partial charge in [0.05, 0.1) is 33.5 Å². The molecule has 4 aromatic rings. The molecule has 5 rings (SSSR count). The number of hydrogen-bond donors (Lipinski definition) is 1. The van der Waals surface area contributed by atoms with Crippen LogP contribution in [0.5, 0.6) is 0 Å². The first kappa shape index (κ1) is 27.0. The number of nitrogens with one attached hydrogen (secondary N) is 1. The Balaban J connectivity index is 1.59. The SMILES string of the molecule is Cc1nccc(-c2sc(N3CCS(=O)(=O)CC3)nc2-c2cccc(NS(=O)(=O)c3cc(F)ccc3F)c2F)n1. The highest BCUT2D eigenvalue weighted by Crippen LogP contribution is 2.42. The summed E-state index contributed by atoms with van der Waals surface area (Å²) in [6.45, 7) is 2.10. The van der Waals surface area contributed by atoms with Crippen LogP contribution >= 0.6 is 11.3 Å². The number of thiazole rings is 1. The first-order chi connectivity index (χ1) is 18.4. The second-order valence-electron chi connectivity index (χ2n) is 8.65. The molecule has 0 spiro atoms. The third-order valence-corrected chi connectivity index (χ3v) is 10.0. The summed E-state index contributed by atoms with van der Waals surface area (Å²) in [6, 6.07) is 7.47. The molecule has 1 aliphatic heterocycles. The molecule has 39 heavy (non-hydrogen) atoms. The van der Waals surface area contributed by atoms with Gasteiger partial charge in [-0.15, -0.1) is 0 Å². The molecule has 0 aliphatic carbocycles. The first-order valence-corrected chi connectivity index (χ1v) is 15.6. The van der Waals surface area contributed by atoms with E-state index >= 15 is 4.39 Å². The highest BCUT2D eigenvalue weighted by atomic mass is 32.2. The van der Waals surface area contributed by atoms with Gasteiger partial charge in [-0.2, -0.15) is 0 Å². The van der Waals surface area contributed by atoms with Crippen LogP contribution in [0.3, 0.4) is 0 Å². The Bertz CT molecular complexity index is 1780. The average Bonchev–Trinajstić information content (AvgIpc) is 3.32. The van der Waals surface area contributed by atoms with E-state index in [0.717, 1.165) is 12.1 Å². The summed E-state index contributed by atoms with van der Waals surface area (Å²) in [6.07, 6.45) is 1.53. The normalized spacial score (nSPS) is 15.3. The molecule has 2 aromatic carbocycles. The number of aromatic nitrogens is 3. The van der Waals surface area contributed by atoms with Crippen molar-refractivity contribution >= 4 is 42.0 Å². The maximum absolute atomic E-state index is 15.9. The van der Waals surface area contributed by atoms with Gasteiger partial charge in [-0.3, -0.25) is 4.72 Å². The summed E-state index contributed by atoms with van der Waals surface area (Å²) in [5.74, 6) is -2.82. The molecular weight excluding hydrogens is 575 g/mol. The van der Waals surface area contributed by atoms with Crippen molar-refractivity contribution in [3.8, 4) is 21.8 Å². The number of anilines is 2. The van der Waals surface area contributed by atoms with Gasteiger partial charge in [0.2, 0.25) is 0 Å². The number of sulfonamides is 1. The summed E-state index contributed by atoms with van der Waals surface area (Å²) < 4.78 is 95.0. The third kappa shape index (κ3) is 5.60. The Kier molecular flexibility index (Phi) is 7.07. The van der Waals surface area contributed by atoms with Crippen LogP contribution in [-0.2, 0) is 19.9 Å². The van der Waals surface area contributed by atoms with Crippen LogP contribution in [0.2, 0.25) is 0 Å². The average molecular weight is 596 g/mol. The zero-order chi connectivity index (χ0) is 27.9. The van der Waals surface area contributed by atoms with E-state index < -0.39 is 47.9 Å². The lowest BCUT2D eigenvalue weighted by atomic mass is 10.1. The van der Waals surface area contributed by atoms with Crippen molar-refractivity contribution in [2.24, 2.45) is 0 Å². The van der Waals surface area contributed by atoms with E-state index in [4.69, 9.17) is 0 Å². The molecule has 9 nitrogen and oxygen atoms in total. The van der Waals surface area contributed by atoms with Crippen molar-refractivity contribution in [1.82, 2.24) is 15.0 Å². The highest BCUT2D eigenvalue weighted by Gasteiger charge is 2.28. The lowest BCUT2D eigenvalue weighted by Gasteiger charge is -2.25. The van der Waals surface area contributed by atoms with Gasteiger partial charge in [0.1, 0.15) is 22.4 Å². The van der Waals surface area contributed by atoms with E-state index in [1.165, 1.54) is 29.7 Å². The first-order valence-electron chi connectivity index (χ1n) is 11.5. The van der Waals surface area contributed by atoms with Gasteiger partial charge in [0.15, 0.2) is 20.8 Å². The van der Waals surface area contributed by atoms with E-state index in [-0.39, 0.29) is 35.9 Å². The lowest BCUT2D eigenvalue weighted by Crippen LogP contribution is -2.40. The predicted octanol–water partition coefficient (Wildman–Crippen LogP) is 4.03. The third-order valence-electron chi connectivity index (χ3n) is 5.92. The fourth-order valence-electron chi connectivity index (χ4n) is 3.96. The van der Waals surface area contributed by atoms with Crippen LogP contribution < -0.4 is 9.62 Å². The lowest BCUT2D eigenvalue weighted by molar-refractivity contribution is 0.555. The van der Waals surface area contributed by atoms with Crippen molar-refractivity contribution in [2.75, 3.05) is 34.2 Å². The molecule has 2 aromatic heterocycles. The maximum Gasteiger partial charge on any atom is 0.265 e. The summed E-state index contributed by atoms with van der Waals surface area (Å²) in [7, 11) is -7.84. The maximum atomic E-state index is 15.9. The topological polar surface area (TPSA) is 122 Å². The number of aryl methyl sites for hydroxylation is 1. The van der Waals surface area contributed by atoms with Crippen molar-refractivity contribution in [3.05, 3.63) is 71.9 Å². The monoisotopic (exact) mass is 595 g/mol. The molecule has 1 aliphatic rings. The van der Waals surface area contributed by atoms with Gasteiger partial charge < -0.3 is 4.90 Å². The second kappa shape index (κ2) is 10.2. The van der Waals surface area contributed by atoms with Gasteiger partial charge in [0, 0.05) is 24.8 Å². The molecule has 1 N–H and O–H groups in total. The summed E-state index contributed by atoms with van der Waals surface area (Å²) in [5.41, 5.74) is 0.0167. The van der Waals surface area contributed by atoms with Crippen molar-refractivity contribution in [3.63, 3.8) is 0 Å². The molecule has 0 amide bonds. The fraction of sp³-hybridized carbons (Fsp3) is 0.208. The Labute approximate surface area is 226 Å². The Morgan fingerprint density at radius 2 is 1.77 bits per heavy atom. The second-order valence-corrected chi connectivity index (χ2v) is 13.6. The Hall–Kier alpha value is -3.56. The highest BCUT2D eigenvalue weighted by molar-refractivity contribution is 7.92. The molecule has 0 unspecified atom stereocenters. The van der Waals surface area contributed by atoms with E-state index in [0.29, 0.717) is 33.7 Å². The molecule has 1 fully saturated rings. The van der Waals surface area contributed by atoms with Crippen LogP contribution in [-0.4, -0.2) is 56.4 Å². The molecule has 15 heteroatoms. The number of sulfone groups is 1. The fourth-order valence-corrected chi connectivity index (χ4v) is 7.42. The van der Waals surface area contributed by atoms with Gasteiger partial charge in [-0.25, -0.2) is 45.0 Å². The minimum atomic E-state index is -4.69. The zero-order valence-electron chi connectivity index (χ0n) is 20.2. The van der Waals surface area contributed by atoms with Gasteiger partial charge in [-0.05, 0) is 43.3 Å². The van der Waals surface area contributed by atoms with Crippen molar-refractivity contribution < 1.29 is 30.0 Å². The van der Waals surface area contributed by atoms with E-state index in [1.54, 1.807) is 17.9 Å². The van der Waals surface area contributed by atoms with E-state index in [9.17, 15) is 25.6 Å². The standard InChI is InChI=1S/C24H20F3N5O4S3/c1-14-28-8-7-19(29-14)23-22(30-24(37-23)32-9-11-38(33,34)12-10-32)16-3-2-4-18(21(16)27)31-39(35,36)20-13-15(25)5-6-17(20)26/h2-8,13,31H,9-12H2,1H3. The predicted molar refractivity (Wildman–Crippen MR) is 141 cm³/mol. The molecule has 0 bridgehead atoms. The van der Waals surface area contributed by atoms with Crippen molar-refractivity contribution in [2.45, 2.75) is 11.8 Å². The summed E-state index contributed by atoms with van der Waals surface area (Å²) in [5, 5.41) is 0.443. The van der Waals surface area contributed by atoms with Gasteiger partial charge in [0.25, 0.3) is 10.0 Å². The minimum Gasteiger partial charge on any atom is -0.346 e. The van der Waals surface area contributed by atoms with Gasteiger partial charge in [-0.1, -0.05) is 17.4 Å². The van der Waals surface area contributed by atoms with Crippen LogP contribution in [0, 0.1) is 24.4 Å². The Morgan fingerprint density at radius 1 is 1.03 bits per heavy atom. The quantitative estimate of drug-likeness (QED) is 0.355. The van der Waals surface area contributed by atoms with Crippen molar-refractivity contribution in [1.29, 1.82) is 0 Å². The summed E-state index contributed by atoms with van der Waals surface area (Å²) >= 11 is 1.18. The van der Waals surface area contributed by atoms with E-state index in [2.05, 4.69) is 15.0 Å². The number of nitrogens with zero attached hydrogens (tertiary/aromatic N) is 4. The molecular formula is C24H20F3N5O4S3. The molecule has 204 valence electrons. The molecule has 0 radical (unpaired) electrons. The zero-order valence-corrected chi connectivity index (χ0v) is 22.7. The smallest absolute Gasteiger partial charge is 0.265 e. The number of rotatable bonds is 6. The number of benzene rings is 2. The molecule has 3 heterocycles. The minimum absolute atomic E-state index is 0.0495. The molecule has 0 saturated carbocycles. The summed E-state index contributed by atoms with van der Waals surface area (Å²) in [4.78, 5) is 14.4. The largest absolute Gasteiger partial charge is 0.346 e. The number of halogens is 3.